The fourth-order valence-electron chi connectivity index (χ4n) is 4.81. The molecular weight excluding hydrogens is 516 g/mol. The lowest BCUT2D eigenvalue weighted by Crippen LogP contribution is -2.15. The molecule has 0 saturated heterocycles. The normalized spacial score (nSPS) is 10.9. The van der Waals surface area contributed by atoms with Crippen LogP contribution in [-0.2, 0) is 26.2 Å². The van der Waals surface area contributed by atoms with Gasteiger partial charge in [-0.3, -0.25) is 0 Å². The lowest BCUT2D eigenvalue weighted by atomic mass is 10.2. The van der Waals surface area contributed by atoms with E-state index in [2.05, 4.69) is 118 Å². The zero-order chi connectivity index (χ0) is 29.1. The van der Waals surface area contributed by atoms with E-state index in [0.717, 1.165) is 53.8 Å². The summed E-state index contributed by atoms with van der Waals surface area (Å²) in [4.78, 5) is 11.6. The van der Waals surface area contributed by atoms with Gasteiger partial charge in [-0.05, 0) is 25.2 Å². The van der Waals surface area contributed by atoms with Crippen LogP contribution in [0, 0.1) is 0 Å². The Hall–Kier alpha value is -4.78. The summed E-state index contributed by atoms with van der Waals surface area (Å²) < 4.78 is 4.37. The van der Waals surface area contributed by atoms with Crippen LogP contribution in [0.5, 0.6) is 0 Å². The van der Waals surface area contributed by atoms with E-state index in [1.54, 1.807) is 0 Å². The molecule has 0 atom stereocenters. The van der Waals surface area contributed by atoms with Gasteiger partial charge in [-0.1, -0.05) is 121 Å². The van der Waals surface area contributed by atoms with Crippen LogP contribution in [0.25, 0.3) is 22.5 Å². The molecular formula is C36H38N6. The largest absolute Gasteiger partial charge is 0.329 e. The third-order valence-corrected chi connectivity index (χ3v) is 6.89. The van der Waals surface area contributed by atoms with Gasteiger partial charge in [0.15, 0.2) is 0 Å². The average molecular weight is 555 g/mol. The molecule has 6 aromatic rings. The summed E-state index contributed by atoms with van der Waals surface area (Å²) >= 11 is 0. The Morgan fingerprint density at radius 3 is 1.33 bits per heavy atom. The summed E-state index contributed by atoms with van der Waals surface area (Å²) in [5.41, 5.74) is 12.6. The fourth-order valence-corrected chi connectivity index (χ4v) is 4.81. The van der Waals surface area contributed by atoms with Gasteiger partial charge in [-0.15, -0.1) is 0 Å². The number of aromatic nitrogens is 4. The van der Waals surface area contributed by atoms with Gasteiger partial charge < -0.3 is 19.8 Å². The van der Waals surface area contributed by atoms with Crippen LogP contribution in [0.15, 0.2) is 134 Å². The zero-order valence-electron chi connectivity index (χ0n) is 24.3. The van der Waals surface area contributed by atoms with Crippen LogP contribution in [0.4, 0.5) is 0 Å². The van der Waals surface area contributed by atoms with E-state index in [-0.39, 0.29) is 0 Å². The summed E-state index contributed by atoms with van der Waals surface area (Å²) in [7, 11) is 4.15. The number of imidazole rings is 2. The van der Waals surface area contributed by atoms with E-state index in [9.17, 15) is 0 Å². The molecule has 0 unspecified atom stereocenters. The van der Waals surface area contributed by atoms with Crippen molar-refractivity contribution in [3.05, 3.63) is 156 Å². The molecule has 6 rings (SSSR count). The van der Waals surface area contributed by atoms with Crippen LogP contribution in [-0.4, -0.2) is 38.1 Å². The summed E-state index contributed by atoms with van der Waals surface area (Å²) in [6, 6.07) is 41.4. The summed E-state index contributed by atoms with van der Waals surface area (Å²) in [5.74, 6) is 2.00. The van der Waals surface area contributed by atoms with E-state index in [4.69, 9.17) is 10.7 Å². The van der Waals surface area contributed by atoms with Crippen molar-refractivity contribution in [3.8, 4) is 22.5 Å². The monoisotopic (exact) mass is 554 g/mol. The van der Waals surface area contributed by atoms with Gasteiger partial charge in [0, 0.05) is 36.6 Å². The van der Waals surface area contributed by atoms with Gasteiger partial charge >= 0.3 is 0 Å². The molecule has 2 N–H and O–H groups in total. The third kappa shape index (κ3) is 7.69. The standard InChI is InChI=1S/C19H21N3.C17H17N3/c1-21(2)15-19-20-18(17-11-7-4-8-12-17)14-22(19)13-16-9-5-3-6-10-16;18-11-17-19-16(15-9-5-2-6-10-15)13-20(17)12-14-7-3-1-4-8-14/h3-12,14H,13,15H2,1-2H3;1-10,13H,11-12,18H2. The highest BCUT2D eigenvalue weighted by molar-refractivity contribution is 5.59. The highest BCUT2D eigenvalue weighted by atomic mass is 15.1. The minimum atomic E-state index is 0.444. The predicted molar refractivity (Wildman–Crippen MR) is 172 cm³/mol. The Labute approximate surface area is 248 Å². The Kier molecular flexibility index (Phi) is 9.73. The Morgan fingerprint density at radius 2 is 0.929 bits per heavy atom. The second-order valence-corrected chi connectivity index (χ2v) is 10.5. The molecule has 0 spiro atoms. The first-order chi connectivity index (χ1) is 20.6. The van der Waals surface area contributed by atoms with Gasteiger partial charge in [-0.2, -0.15) is 0 Å². The molecule has 212 valence electrons. The molecule has 6 nitrogen and oxygen atoms in total. The van der Waals surface area contributed by atoms with Crippen LogP contribution >= 0.6 is 0 Å². The molecule has 0 aliphatic rings. The topological polar surface area (TPSA) is 64.9 Å². The highest BCUT2D eigenvalue weighted by Crippen LogP contribution is 2.21. The van der Waals surface area contributed by atoms with E-state index in [1.165, 1.54) is 11.1 Å². The number of hydrogen-bond acceptors (Lipinski definition) is 4. The first kappa shape index (κ1) is 28.7. The molecule has 0 aliphatic carbocycles. The van der Waals surface area contributed by atoms with Crippen LogP contribution in [0.1, 0.15) is 22.8 Å². The van der Waals surface area contributed by atoms with Crippen LogP contribution in [0.3, 0.4) is 0 Å². The third-order valence-electron chi connectivity index (χ3n) is 6.89. The molecule has 0 bridgehead atoms. The molecule has 42 heavy (non-hydrogen) atoms. The number of benzene rings is 4. The Balaban J connectivity index is 0.000000169. The van der Waals surface area contributed by atoms with Gasteiger partial charge in [0.2, 0.25) is 0 Å². The van der Waals surface area contributed by atoms with Crippen molar-refractivity contribution in [2.75, 3.05) is 14.1 Å². The number of rotatable bonds is 9. The predicted octanol–water partition coefficient (Wildman–Crippen LogP) is 6.72. The second-order valence-electron chi connectivity index (χ2n) is 10.5. The second kappa shape index (κ2) is 14.2. The lowest BCUT2D eigenvalue weighted by Gasteiger charge is -2.11. The maximum Gasteiger partial charge on any atom is 0.123 e. The molecule has 0 saturated carbocycles. The van der Waals surface area contributed by atoms with Crippen LogP contribution < -0.4 is 5.73 Å². The first-order valence-electron chi connectivity index (χ1n) is 14.2. The van der Waals surface area contributed by atoms with Crippen molar-refractivity contribution in [1.82, 2.24) is 24.0 Å². The number of hydrogen-bond donors (Lipinski definition) is 1. The van der Waals surface area contributed by atoms with Crippen molar-refractivity contribution in [1.29, 1.82) is 0 Å². The zero-order valence-corrected chi connectivity index (χ0v) is 24.3. The highest BCUT2D eigenvalue weighted by Gasteiger charge is 2.11. The van der Waals surface area contributed by atoms with Crippen LogP contribution in [0.2, 0.25) is 0 Å². The molecule has 0 amide bonds. The van der Waals surface area contributed by atoms with Gasteiger partial charge in [0.25, 0.3) is 0 Å². The van der Waals surface area contributed by atoms with Crippen molar-refractivity contribution >= 4 is 0 Å². The quantitative estimate of drug-likeness (QED) is 0.216. The molecule has 0 fully saturated rings. The maximum absolute atomic E-state index is 5.81. The fraction of sp³-hybridized carbons (Fsp3) is 0.167. The van der Waals surface area contributed by atoms with E-state index in [1.807, 2.05) is 48.5 Å². The number of nitrogens with zero attached hydrogens (tertiary/aromatic N) is 5. The average Bonchev–Trinajstić information content (AvgIpc) is 3.63. The van der Waals surface area contributed by atoms with Gasteiger partial charge in [0.1, 0.15) is 11.6 Å². The van der Waals surface area contributed by atoms with Crippen molar-refractivity contribution in [2.24, 2.45) is 5.73 Å². The molecule has 4 aromatic carbocycles. The molecule has 6 heteroatoms. The Bertz CT molecular complexity index is 1640. The van der Waals surface area contributed by atoms with Crippen molar-refractivity contribution in [2.45, 2.75) is 26.2 Å². The Morgan fingerprint density at radius 1 is 0.548 bits per heavy atom. The summed E-state index contributed by atoms with van der Waals surface area (Å²) in [6.07, 6.45) is 4.23. The van der Waals surface area contributed by atoms with Gasteiger partial charge in [-0.25, -0.2) is 9.97 Å². The van der Waals surface area contributed by atoms with Crippen molar-refractivity contribution < 1.29 is 0 Å². The minimum Gasteiger partial charge on any atom is -0.329 e. The lowest BCUT2D eigenvalue weighted by molar-refractivity contribution is 0.382. The summed E-state index contributed by atoms with van der Waals surface area (Å²) in [5, 5.41) is 0. The summed E-state index contributed by atoms with van der Waals surface area (Å²) in [6.45, 7) is 2.93. The number of nitrogens with two attached hydrogens (primary N) is 1. The maximum atomic E-state index is 5.81. The molecule has 2 aromatic heterocycles. The molecule has 0 aliphatic heterocycles. The smallest absolute Gasteiger partial charge is 0.123 e. The minimum absolute atomic E-state index is 0.444. The van der Waals surface area contributed by atoms with E-state index in [0.29, 0.717) is 6.54 Å². The molecule has 2 heterocycles. The molecule has 0 radical (unpaired) electrons. The van der Waals surface area contributed by atoms with Crippen molar-refractivity contribution in [3.63, 3.8) is 0 Å². The van der Waals surface area contributed by atoms with E-state index >= 15 is 0 Å². The van der Waals surface area contributed by atoms with Gasteiger partial charge in [0.05, 0.1) is 24.5 Å². The first-order valence-corrected chi connectivity index (χ1v) is 14.2. The van der Waals surface area contributed by atoms with E-state index < -0.39 is 0 Å². The SMILES string of the molecule is CN(C)Cc1nc(-c2ccccc2)cn1Cc1ccccc1.NCc1nc(-c2ccccc2)cn1Cc1ccccc1.